The van der Waals surface area contributed by atoms with E-state index in [9.17, 15) is 4.79 Å². The Hall–Kier alpha value is -3.16. The average Bonchev–Trinajstić information content (AvgIpc) is 3.05. The van der Waals surface area contributed by atoms with Crippen LogP contribution in [0.25, 0.3) is 5.65 Å². The van der Waals surface area contributed by atoms with Gasteiger partial charge >= 0.3 is 0 Å². The second-order valence-electron chi connectivity index (χ2n) is 8.32. The Kier molecular flexibility index (Phi) is 4.15. The number of carbonyl (C=O) groups excluding carboxylic acids is 1. The molecule has 150 valence electrons. The first-order chi connectivity index (χ1) is 14.0. The molecule has 0 atom stereocenters. The molecule has 3 aromatic rings. The highest BCUT2D eigenvalue weighted by atomic mass is 16.2. The molecule has 4 heterocycles. The lowest BCUT2D eigenvalue weighted by atomic mass is 9.86. The molecule has 1 amide bonds. The maximum atomic E-state index is 12.2. The van der Waals surface area contributed by atoms with Crippen molar-refractivity contribution in [1.82, 2.24) is 19.6 Å². The van der Waals surface area contributed by atoms with Gasteiger partial charge in [0.15, 0.2) is 11.5 Å². The monoisotopic (exact) mass is 391 g/mol. The summed E-state index contributed by atoms with van der Waals surface area (Å²) in [5.74, 6) is 1.42. The average molecular weight is 391 g/mol. The Balaban J connectivity index is 1.44. The number of anilines is 4. The van der Waals surface area contributed by atoms with Crippen LogP contribution in [0.2, 0.25) is 0 Å². The van der Waals surface area contributed by atoms with Crippen LogP contribution in [0.1, 0.15) is 45.1 Å². The van der Waals surface area contributed by atoms with Crippen molar-refractivity contribution in [2.24, 2.45) is 0 Å². The van der Waals surface area contributed by atoms with Gasteiger partial charge in [0.2, 0.25) is 11.9 Å². The van der Waals surface area contributed by atoms with Gasteiger partial charge in [0.1, 0.15) is 0 Å². The first-order valence-corrected chi connectivity index (χ1v) is 10.2. The molecular weight excluding hydrogens is 366 g/mol. The molecule has 5 rings (SSSR count). The van der Waals surface area contributed by atoms with Crippen molar-refractivity contribution < 1.29 is 4.79 Å². The summed E-state index contributed by atoms with van der Waals surface area (Å²) in [6, 6.07) is 5.87. The zero-order chi connectivity index (χ0) is 20.0. The molecule has 0 radical (unpaired) electrons. The third-order valence-electron chi connectivity index (χ3n) is 5.91. The SMILES string of the molecule is CC1(C)C(=O)Nc2cc(Nc3nc4c(N5CCCCCC5)nccn4n3)ccc21. The molecule has 29 heavy (non-hydrogen) atoms. The highest BCUT2D eigenvalue weighted by Gasteiger charge is 2.38. The fourth-order valence-electron chi connectivity index (χ4n) is 4.16. The molecule has 2 aliphatic heterocycles. The lowest BCUT2D eigenvalue weighted by molar-refractivity contribution is -0.119. The van der Waals surface area contributed by atoms with Gasteiger partial charge in [-0.1, -0.05) is 18.9 Å². The van der Waals surface area contributed by atoms with Gasteiger partial charge in [-0.3, -0.25) is 4.79 Å². The Labute approximate surface area is 169 Å². The molecule has 0 aliphatic carbocycles. The fourth-order valence-corrected chi connectivity index (χ4v) is 4.16. The van der Waals surface area contributed by atoms with E-state index < -0.39 is 5.41 Å². The lowest BCUT2D eigenvalue weighted by Crippen LogP contribution is -2.26. The molecule has 2 N–H and O–H groups in total. The van der Waals surface area contributed by atoms with E-state index in [0.29, 0.717) is 5.95 Å². The van der Waals surface area contributed by atoms with Crippen LogP contribution >= 0.6 is 0 Å². The van der Waals surface area contributed by atoms with Gasteiger partial charge in [-0.15, -0.1) is 5.10 Å². The molecule has 2 aliphatic rings. The number of fused-ring (bicyclic) bond motifs is 2. The van der Waals surface area contributed by atoms with Crippen molar-refractivity contribution in [3.8, 4) is 0 Å². The van der Waals surface area contributed by atoms with E-state index in [-0.39, 0.29) is 5.91 Å². The first kappa shape index (κ1) is 17.9. The third kappa shape index (κ3) is 3.08. The van der Waals surface area contributed by atoms with Crippen molar-refractivity contribution in [2.45, 2.75) is 44.9 Å². The van der Waals surface area contributed by atoms with Crippen LogP contribution in [0.3, 0.4) is 0 Å². The maximum Gasteiger partial charge on any atom is 0.247 e. The molecule has 0 spiro atoms. The maximum absolute atomic E-state index is 12.2. The fraction of sp³-hybridized carbons (Fsp3) is 0.429. The third-order valence-corrected chi connectivity index (χ3v) is 5.91. The van der Waals surface area contributed by atoms with Crippen LogP contribution < -0.4 is 15.5 Å². The Morgan fingerprint density at radius 1 is 1.14 bits per heavy atom. The summed E-state index contributed by atoms with van der Waals surface area (Å²) in [6.07, 6.45) is 8.49. The Morgan fingerprint density at radius 2 is 1.93 bits per heavy atom. The van der Waals surface area contributed by atoms with Crippen LogP contribution in [-0.2, 0) is 10.2 Å². The van der Waals surface area contributed by atoms with Crippen molar-refractivity contribution in [3.63, 3.8) is 0 Å². The van der Waals surface area contributed by atoms with E-state index in [4.69, 9.17) is 4.98 Å². The van der Waals surface area contributed by atoms with Crippen molar-refractivity contribution in [1.29, 1.82) is 0 Å². The smallest absolute Gasteiger partial charge is 0.247 e. The van der Waals surface area contributed by atoms with Gasteiger partial charge in [0, 0.05) is 36.9 Å². The summed E-state index contributed by atoms with van der Waals surface area (Å²) in [5, 5.41) is 10.8. The topological polar surface area (TPSA) is 87.5 Å². The summed E-state index contributed by atoms with van der Waals surface area (Å²) in [7, 11) is 0. The largest absolute Gasteiger partial charge is 0.353 e. The summed E-state index contributed by atoms with van der Waals surface area (Å²) in [6.45, 7) is 5.87. The number of rotatable bonds is 3. The summed E-state index contributed by atoms with van der Waals surface area (Å²) >= 11 is 0. The normalized spacial score (nSPS) is 18.4. The van der Waals surface area contributed by atoms with Gasteiger partial charge < -0.3 is 15.5 Å². The lowest BCUT2D eigenvalue weighted by Gasteiger charge is -2.21. The van der Waals surface area contributed by atoms with Gasteiger partial charge in [-0.25, -0.2) is 9.50 Å². The van der Waals surface area contributed by atoms with Crippen molar-refractivity contribution in [2.75, 3.05) is 28.6 Å². The van der Waals surface area contributed by atoms with Crippen molar-refractivity contribution in [3.05, 3.63) is 36.2 Å². The van der Waals surface area contributed by atoms with E-state index in [1.165, 1.54) is 25.7 Å². The highest BCUT2D eigenvalue weighted by Crippen LogP contribution is 2.39. The number of benzene rings is 1. The molecule has 0 bridgehead atoms. The number of carbonyl (C=O) groups is 1. The number of amides is 1. The molecule has 1 fully saturated rings. The van der Waals surface area contributed by atoms with Crippen LogP contribution in [-0.4, -0.2) is 38.6 Å². The highest BCUT2D eigenvalue weighted by molar-refractivity contribution is 6.06. The van der Waals surface area contributed by atoms with E-state index in [2.05, 4.69) is 25.6 Å². The molecule has 0 saturated carbocycles. The summed E-state index contributed by atoms with van der Waals surface area (Å²) in [4.78, 5) is 23.8. The summed E-state index contributed by atoms with van der Waals surface area (Å²) < 4.78 is 1.77. The molecule has 8 nitrogen and oxygen atoms in total. The minimum Gasteiger partial charge on any atom is -0.353 e. The van der Waals surface area contributed by atoms with E-state index >= 15 is 0 Å². The molecule has 0 unspecified atom stereocenters. The van der Waals surface area contributed by atoms with E-state index in [0.717, 1.165) is 41.5 Å². The molecule has 2 aromatic heterocycles. The van der Waals surface area contributed by atoms with Crippen LogP contribution in [0.15, 0.2) is 30.6 Å². The zero-order valence-corrected chi connectivity index (χ0v) is 16.8. The van der Waals surface area contributed by atoms with E-state index in [1.807, 2.05) is 38.2 Å². The number of hydrogen-bond acceptors (Lipinski definition) is 6. The van der Waals surface area contributed by atoms with Gasteiger partial charge in [-0.05, 0) is 44.4 Å². The second kappa shape index (κ2) is 6.72. The molecule has 1 saturated heterocycles. The number of nitrogens with zero attached hydrogens (tertiary/aromatic N) is 5. The van der Waals surface area contributed by atoms with E-state index in [1.54, 1.807) is 10.7 Å². The van der Waals surface area contributed by atoms with Crippen LogP contribution in [0.5, 0.6) is 0 Å². The van der Waals surface area contributed by atoms with Crippen LogP contribution in [0, 0.1) is 0 Å². The number of nitrogens with one attached hydrogen (secondary N) is 2. The zero-order valence-electron chi connectivity index (χ0n) is 16.8. The number of aromatic nitrogens is 4. The van der Waals surface area contributed by atoms with Gasteiger partial charge in [0.25, 0.3) is 0 Å². The minimum absolute atomic E-state index is 0.0173. The second-order valence-corrected chi connectivity index (χ2v) is 8.32. The van der Waals surface area contributed by atoms with Gasteiger partial charge in [-0.2, -0.15) is 4.98 Å². The number of hydrogen-bond donors (Lipinski definition) is 2. The van der Waals surface area contributed by atoms with Gasteiger partial charge in [0.05, 0.1) is 5.41 Å². The molecule has 8 heteroatoms. The minimum atomic E-state index is -0.511. The summed E-state index contributed by atoms with van der Waals surface area (Å²) in [5.41, 5.74) is 2.92. The predicted octanol–water partition coefficient (Wildman–Crippen LogP) is 3.48. The molecular formula is C21H25N7O. The first-order valence-electron chi connectivity index (χ1n) is 10.2. The quantitative estimate of drug-likeness (QED) is 0.711. The van der Waals surface area contributed by atoms with Crippen molar-refractivity contribution >= 4 is 34.7 Å². The predicted molar refractivity (Wildman–Crippen MR) is 113 cm³/mol. The standard InChI is InChI=1S/C21H25N7O/c1-21(2)15-8-7-14(13-16(15)24-19(21)29)23-20-25-18-17(22-9-12-28(18)26-20)27-10-5-3-4-6-11-27/h7-9,12-13H,3-6,10-11H2,1-2H3,(H,23,26)(H,24,29). The molecule has 1 aromatic carbocycles. The van der Waals surface area contributed by atoms with Crippen LogP contribution in [0.4, 0.5) is 23.1 Å². The Morgan fingerprint density at radius 3 is 2.72 bits per heavy atom. The Bertz CT molecular complexity index is 1080.